The summed E-state index contributed by atoms with van der Waals surface area (Å²) in [4.78, 5) is 12.2. The van der Waals surface area contributed by atoms with Crippen molar-refractivity contribution in [2.24, 2.45) is 0 Å². The van der Waals surface area contributed by atoms with E-state index in [4.69, 9.17) is 0 Å². The number of ether oxygens (including phenoxy) is 1. The van der Waals surface area contributed by atoms with Crippen molar-refractivity contribution in [2.75, 3.05) is 10.0 Å². The van der Waals surface area contributed by atoms with Crippen LogP contribution < -0.4 is 14.8 Å². The van der Waals surface area contributed by atoms with E-state index < -0.39 is 32.8 Å². The van der Waals surface area contributed by atoms with Crippen molar-refractivity contribution in [1.29, 1.82) is 0 Å². The zero-order valence-electron chi connectivity index (χ0n) is 15.3. The standard InChI is InChI=1S/C18H19F3N2O4S/c1-17(2,3)28(25,26)23-14-6-4-12(5-7-14)16(24)22-13-8-10-15(11-9-13)27-18(19,20)21/h4-11,23H,1-3H3,(H,22,24). The van der Waals surface area contributed by atoms with Crippen LogP contribution in [0.4, 0.5) is 24.5 Å². The van der Waals surface area contributed by atoms with Crippen molar-refractivity contribution in [2.45, 2.75) is 31.9 Å². The molecule has 0 atom stereocenters. The maximum Gasteiger partial charge on any atom is 0.573 e. The number of amides is 1. The molecule has 0 aliphatic carbocycles. The van der Waals surface area contributed by atoms with E-state index in [0.29, 0.717) is 5.69 Å². The summed E-state index contributed by atoms with van der Waals surface area (Å²) in [6.07, 6.45) is -4.79. The average Bonchev–Trinajstić information content (AvgIpc) is 2.54. The summed E-state index contributed by atoms with van der Waals surface area (Å²) in [7, 11) is -3.59. The minimum Gasteiger partial charge on any atom is -0.406 e. The summed E-state index contributed by atoms with van der Waals surface area (Å²) in [5, 5.41) is 2.53. The van der Waals surface area contributed by atoms with Crippen LogP contribution in [0.5, 0.6) is 5.75 Å². The van der Waals surface area contributed by atoms with Crippen LogP contribution in [-0.2, 0) is 10.0 Å². The van der Waals surface area contributed by atoms with Crippen molar-refractivity contribution in [3.05, 3.63) is 54.1 Å². The van der Waals surface area contributed by atoms with Gasteiger partial charge in [0.25, 0.3) is 5.91 Å². The Kier molecular flexibility index (Phi) is 5.93. The molecule has 0 aliphatic heterocycles. The van der Waals surface area contributed by atoms with Crippen molar-refractivity contribution in [1.82, 2.24) is 0 Å². The Balaban J connectivity index is 2.03. The van der Waals surface area contributed by atoms with Gasteiger partial charge in [-0.25, -0.2) is 8.42 Å². The Hall–Kier alpha value is -2.75. The van der Waals surface area contributed by atoms with Crippen LogP contribution in [0, 0.1) is 0 Å². The van der Waals surface area contributed by atoms with Gasteiger partial charge in [-0.2, -0.15) is 0 Å². The fourth-order valence-electron chi connectivity index (χ4n) is 1.94. The molecule has 0 heterocycles. The fraction of sp³-hybridized carbons (Fsp3) is 0.278. The van der Waals surface area contributed by atoms with E-state index in [2.05, 4.69) is 14.8 Å². The smallest absolute Gasteiger partial charge is 0.406 e. The largest absolute Gasteiger partial charge is 0.573 e. The second-order valence-corrected chi connectivity index (χ2v) is 9.26. The highest BCUT2D eigenvalue weighted by molar-refractivity contribution is 7.94. The quantitative estimate of drug-likeness (QED) is 0.758. The third-order valence-electron chi connectivity index (χ3n) is 3.55. The van der Waals surface area contributed by atoms with Gasteiger partial charge in [-0.05, 0) is 69.3 Å². The maximum atomic E-state index is 12.2. The van der Waals surface area contributed by atoms with Gasteiger partial charge in [-0.3, -0.25) is 9.52 Å². The fourth-order valence-corrected chi connectivity index (χ4v) is 2.69. The number of alkyl halides is 3. The van der Waals surface area contributed by atoms with Crippen LogP contribution >= 0.6 is 0 Å². The third kappa shape index (κ3) is 5.88. The molecule has 2 rings (SSSR count). The number of carbonyl (C=O) groups excluding carboxylic acids is 1. The molecule has 0 fully saturated rings. The van der Waals surface area contributed by atoms with Crippen LogP contribution in [0.25, 0.3) is 0 Å². The highest BCUT2D eigenvalue weighted by atomic mass is 32.2. The molecule has 28 heavy (non-hydrogen) atoms. The van der Waals surface area contributed by atoms with E-state index in [1.165, 1.54) is 36.4 Å². The lowest BCUT2D eigenvalue weighted by Crippen LogP contribution is -2.33. The van der Waals surface area contributed by atoms with Crippen LogP contribution in [0.2, 0.25) is 0 Å². The SMILES string of the molecule is CC(C)(C)S(=O)(=O)Nc1ccc(C(=O)Nc2ccc(OC(F)(F)F)cc2)cc1. The molecule has 2 N–H and O–H groups in total. The highest BCUT2D eigenvalue weighted by Crippen LogP contribution is 2.24. The minimum absolute atomic E-state index is 0.245. The van der Waals surface area contributed by atoms with Gasteiger partial charge >= 0.3 is 6.36 Å². The van der Waals surface area contributed by atoms with Crippen molar-refractivity contribution >= 4 is 27.3 Å². The van der Waals surface area contributed by atoms with E-state index in [0.717, 1.165) is 12.1 Å². The number of nitrogens with one attached hydrogen (secondary N) is 2. The van der Waals surface area contributed by atoms with E-state index in [1.54, 1.807) is 20.8 Å². The molecule has 0 radical (unpaired) electrons. The molecule has 0 unspecified atom stereocenters. The number of rotatable bonds is 5. The lowest BCUT2D eigenvalue weighted by atomic mass is 10.2. The normalized spacial score (nSPS) is 12.4. The first kappa shape index (κ1) is 21.5. The molecular formula is C18H19F3N2O4S. The molecule has 0 saturated carbocycles. The zero-order valence-corrected chi connectivity index (χ0v) is 16.1. The average molecular weight is 416 g/mol. The van der Waals surface area contributed by atoms with E-state index in [9.17, 15) is 26.4 Å². The van der Waals surface area contributed by atoms with Gasteiger partial charge < -0.3 is 10.1 Å². The van der Waals surface area contributed by atoms with Gasteiger partial charge in [0.1, 0.15) is 5.75 Å². The lowest BCUT2D eigenvalue weighted by molar-refractivity contribution is -0.274. The third-order valence-corrected chi connectivity index (χ3v) is 5.67. The maximum absolute atomic E-state index is 12.2. The molecule has 0 spiro atoms. The number of sulfonamides is 1. The first-order valence-corrected chi connectivity index (χ1v) is 9.55. The molecule has 152 valence electrons. The molecule has 1 amide bonds. The first-order valence-electron chi connectivity index (χ1n) is 8.06. The molecule has 6 nitrogen and oxygen atoms in total. The van der Waals surface area contributed by atoms with Crippen molar-refractivity contribution in [3.8, 4) is 5.75 Å². The van der Waals surface area contributed by atoms with Gasteiger partial charge in [-0.1, -0.05) is 0 Å². The van der Waals surface area contributed by atoms with Crippen LogP contribution in [0.1, 0.15) is 31.1 Å². The predicted octanol–water partition coefficient (Wildman–Crippen LogP) is 4.38. The number of benzene rings is 2. The Morgan fingerprint density at radius 2 is 1.39 bits per heavy atom. The minimum atomic E-state index is -4.79. The first-order chi connectivity index (χ1) is 12.8. The Bertz CT molecular complexity index is 933. The molecular weight excluding hydrogens is 397 g/mol. The highest BCUT2D eigenvalue weighted by Gasteiger charge is 2.31. The molecule has 0 aliphatic rings. The molecule has 10 heteroatoms. The molecule has 2 aromatic carbocycles. The zero-order chi connectivity index (χ0) is 21.2. The number of anilines is 2. The molecule has 2 aromatic rings. The van der Waals surface area contributed by atoms with E-state index in [1.807, 2.05) is 0 Å². The van der Waals surface area contributed by atoms with Gasteiger partial charge in [0.05, 0.1) is 4.75 Å². The number of hydrogen-bond donors (Lipinski definition) is 2. The molecule has 0 saturated heterocycles. The van der Waals surface area contributed by atoms with Gasteiger partial charge in [-0.15, -0.1) is 13.2 Å². The summed E-state index contributed by atoms with van der Waals surface area (Å²) in [5.41, 5.74) is 0.825. The molecule has 0 bridgehead atoms. The van der Waals surface area contributed by atoms with E-state index in [-0.39, 0.29) is 11.3 Å². The summed E-state index contributed by atoms with van der Waals surface area (Å²) in [6, 6.07) is 10.4. The topological polar surface area (TPSA) is 84.5 Å². The van der Waals surface area contributed by atoms with Gasteiger partial charge in [0.15, 0.2) is 0 Å². The van der Waals surface area contributed by atoms with Crippen LogP contribution in [0.3, 0.4) is 0 Å². The van der Waals surface area contributed by atoms with Gasteiger partial charge in [0.2, 0.25) is 10.0 Å². The van der Waals surface area contributed by atoms with Crippen LogP contribution in [0.15, 0.2) is 48.5 Å². The van der Waals surface area contributed by atoms with Gasteiger partial charge in [0, 0.05) is 16.9 Å². The predicted molar refractivity (Wildman–Crippen MR) is 99.8 cm³/mol. The van der Waals surface area contributed by atoms with Crippen molar-refractivity contribution < 1.29 is 31.1 Å². The Morgan fingerprint density at radius 1 is 0.893 bits per heavy atom. The summed E-state index contributed by atoms with van der Waals surface area (Å²) < 4.78 is 65.9. The second kappa shape index (κ2) is 7.70. The summed E-state index contributed by atoms with van der Waals surface area (Å²) in [6.45, 7) is 4.67. The summed E-state index contributed by atoms with van der Waals surface area (Å²) >= 11 is 0. The Labute approximate surface area is 160 Å². The number of hydrogen-bond acceptors (Lipinski definition) is 4. The number of carbonyl (C=O) groups is 1. The summed E-state index contributed by atoms with van der Waals surface area (Å²) in [5.74, 6) is -0.907. The van der Waals surface area contributed by atoms with E-state index >= 15 is 0 Å². The monoisotopic (exact) mass is 416 g/mol. The second-order valence-electron chi connectivity index (χ2n) is 6.82. The van der Waals surface area contributed by atoms with Crippen LogP contribution in [-0.4, -0.2) is 25.4 Å². The van der Waals surface area contributed by atoms with Crippen molar-refractivity contribution in [3.63, 3.8) is 0 Å². The Morgan fingerprint density at radius 3 is 1.86 bits per heavy atom. The molecule has 0 aromatic heterocycles. The lowest BCUT2D eigenvalue weighted by Gasteiger charge is -2.20. The number of halogens is 3.